The first-order chi connectivity index (χ1) is 15.2. The van der Waals surface area contributed by atoms with Crippen molar-refractivity contribution < 1.29 is 4.73 Å². The summed E-state index contributed by atoms with van der Waals surface area (Å²) in [6, 6.07) is 21.7. The van der Waals surface area contributed by atoms with Crippen molar-refractivity contribution in [1.29, 1.82) is 0 Å². The molecule has 0 fully saturated rings. The Bertz CT molecular complexity index is 1330. The number of anilines is 1. The van der Waals surface area contributed by atoms with Gasteiger partial charge < -0.3 is 10.5 Å². The largest absolute Gasteiger partial charge is 0.619 e. The number of nitrogens with zero attached hydrogens (tertiary/aromatic N) is 5. The first-order valence-electron chi connectivity index (χ1n) is 9.98. The molecule has 0 aliphatic carbocycles. The van der Waals surface area contributed by atoms with Crippen molar-refractivity contribution in [2.75, 3.05) is 5.32 Å². The van der Waals surface area contributed by atoms with E-state index < -0.39 is 0 Å². The van der Waals surface area contributed by atoms with E-state index in [4.69, 9.17) is 0 Å². The Labute approximate surface area is 179 Å². The fraction of sp³-hybridized carbons (Fsp3) is 0.0833. The monoisotopic (exact) mass is 408 g/mol. The molecular weight excluding hydrogens is 388 g/mol. The molecule has 1 unspecified atom stereocenters. The summed E-state index contributed by atoms with van der Waals surface area (Å²) in [7, 11) is 0. The van der Waals surface area contributed by atoms with Crippen LogP contribution in [-0.2, 0) is 0 Å². The van der Waals surface area contributed by atoms with Gasteiger partial charge in [-0.1, -0.05) is 36.4 Å². The number of nitrogens with one attached hydrogen (secondary N) is 1. The van der Waals surface area contributed by atoms with E-state index in [1.807, 2.05) is 47.0 Å². The molecule has 7 heteroatoms. The van der Waals surface area contributed by atoms with Gasteiger partial charge in [0, 0.05) is 18.3 Å². The highest BCUT2D eigenvalue weighted by atomic mass is 16.5. The maximum absolute atomic E-state index is 11.3. The second-order valence-corrected chi connectivity index (χ2v) is 7.28. The summed E-state index contributed by atoms with van der Waals surface area (Å²) < 4.78 is 2.71. The van der Waals surface area contributed by atoms with E-state index in [1.165, 1.54) is 18.0 Å². The van der Waals surface area contributed by atoms with Gasteiger partial charge in [-0.2, -0.15) is 9.71 Å². The first-order valence-corrected chi connectivity index (χ1v) is 9.98. The Morgan fingerprint density at radius 1 is 0.935 bits per heavy atom. The van der Waals surface area contributed by atoms with Crippen molar-refractivity contribution in [3.05, 3.63) is 102 Å². The summed E-state index contributed by atoms with van der Waals surface area (Å²) in [5.74, 6) is 1.29. The third-order valence-electron chi connectivity index (χ3n) is 5.22. The highest BCUT2D eigenvalue weighted by Gasteiger charge is 2.11. The lowest BCUT2D eigenvalue weighted by Crippen LogP contribution is -2.23. The van der Waals surface area contributed by atoms with E-state index >= 15 is 0 Å². The van der Waals surface area contributed by atoms with Gasteiger partial charge in [-0.3, -0.25) is 4.57 Å². The van der Waals surface area contributed by atoms with Gasteiger partial charge in [0.05, 0.1) is 17.1 Å². The molecule has 0 amide bonds. The number of fused-ring (bicyclic) bond motifs is 1. The molecule has 0 spiro atoms. The van der Waals surface area contributed by atoms with Crippen LogP contribution < -0.4 is 10.0 Å². The molecule has 0 aliphatic heterocycles. The van der Waals surface area contributed by atoms with E-state index in [-0.39, 0.29) is 6.04 Å². The minimum absolute atomic E-state index is 0.0808. The van der Waals surface area contributed by atoms with Crippen LogP contribution in [0.5, 0.6) is 0 Å². The van der Waals surface area contributed by atoms with Gasteiger partial charge in [0.15, 0.2) is 12.4 Å². The summed E-state index contributed by atoms with van der Waals surface area (Å²) in [6.07, 6.45) is 6.48. The molecule has 0 saturated carbocycles. The fourth-order valence-electron chi connectivity index (χ4n) is 3.55. The van der Waals surface area contributed by atoms with Crippen molar-refractivity contribution in [2.24, 2.45) is 0 Å². The van der Waals surface area contributed by atoms with Crippen LogP contribution >= 0.6 is 0 Å². The molecule has 5 rings (SSSR count). The average molecular weight is 408 g/mol. The third-order valence-corrected chi connectivity index (χ3v) is 5.22. The first kappa shape index (κ1) is 18.7. The SMILES string of the molecule is CC(Nc1nccc(-n2cnc3cc(-c4cc[n+]([O-])cc4)ccc32)n1)c1ccccc1. The van der Waals surface area contributed by atoms with Crippen LogP contribution in [0.3, 0.4) is 0 Å². The maximum atomic E-state index is 11.3. The highest BCUT2D eigenvalue weighted by molar-refractivity contribution is 5.83. The molecule has 2 aromatic carbocycles. The number of rotatable bonds is 5. The molecule has 0 saturated heterocycles. The van der Waals surface area contributed by atoms with Crippen LogP contribution in [0.15, 0.2) is 91.6 Å². The Hall–Kier alpha value is -4.26. The van der Waals surface area contributed by atoms with Crippen molar-refractivity contribution in [3.8, 4) is 16.9 Å². The molecule has 0 aliphatic rings. The zero-order valence-electron chi connectivity index (χ0n) is 16.9. The molecule has 1 atom stereocenters. The van der Waals surface area contributed by atoms with Crippen LogP contribution in [0.2, 0.25) is 0 Å². The topological polar surface area (TPSA) is 82.6 Å². The summed E-state index contributed by atoms with van der Waals surface area (Å²) in [4.78, 5) is 13.6. The van der Waals surface area contributed by atoms with Gasteiger partial charge in [-0.05, 0) is 41.8 Å². The molecule has 31 heavy (non-hydrogen) atoms. The smallest absolute Gasteiger partial charge is 0.225 e. The second kappa shape index (κ2) is 7.87. The van der Waals surface area contributed by atoms with E-state index in [9.17, 15) is 5.21 Å². The maximum Gasteiger partial charge on any atom is 0.225 e. The number of pyridine rings is 1. The lowest BCUT2D eigenvalue weighted by Gasteiger charge is -2.14. The van der Waals surface area contributed by atoms with Gasteiger partial charge >= 0.3 is 0 Å². The number of hydrogen-bond acceptors (Lipinski definition) is 5. The van der Waals surface area contributed by atoms with E-state index in [1.54, 1.807) is 24.7 Å². The molecule has 0 bridgehead atoms. The Morgan fingerprint density at radius 2 is 1.74 bits per heavy atom. The van der Waals surface area contributed by atoms with Gasteiger partial charge in [-0.25, -0.2) is 9.97 Å². The van der Waals surface area contributed by atoms with E-state index in [2.05, 4.69) is 39.3 Å². The number of benzene rings is 2. The Kier molecular flexibility index (Phi) is 4.76. The van der Waals surface area contributed by atoms with Gasteiger partial charge in [0.25, 0.3) is 0 Å². The standard InChI is InChI=1S/C24H20N6O/c1-17(18-5-3-2-4-6-18)27-24-25-12-9-23(28-24)30-16-26-21-15-20(7-8-22(21)30)19-10-13-29(31)14-11-19/h2-17H,1H3,(H,25,27,28). The fourth-order valence-corrected chi connectivity index (χ4v) is 3.55. The number of imidazole rings is 1. The minimum Gasteiger partial charge on any atom is -0.619 e. The summed E-state index contributed by atoms with van der Waals surface area (Å²) in [6.45, 7) is 2.08. The van der Waals surface area contributed by atoms with Crippen molar-refractivity contribution in [2.45, 2.75) is 13.0 Å². The lowest BCUT2D eigenvalue weighted by atomic mass is 10.1. The van der Waals surface area contributed by atoms with E-state index in [0.29, 0.717) is 5.95 Å². The number of aromatic nitrogens is 5. The Morgan fingerprint density at radius 3 is 2.55 bits per heavy atom. The second-order valence-electron chi connectivity index (χ2n) is 7.28. The van der Waals surface area contributed by atoms with Crippen LogP contribution in [0, 0.1) is 5.21 Å². The summed E-state index contributed by atoms with van der Waals surface area (Å²) in [5.41, 5.74) is 4.93. The normalized spacial score (nSPS) is 12.0. The molecule has 5 aromatic rings. The summed E-state index contributed by atoms with van der Waals surface area (Å²) >= 11 is 0. The molecule has 0 radical (unpaired) electrons. The third kappa shape index (κ3) is 3.81. The quantitative estimate of drug-likeness (QED) is 0.347. The molecule has 7 nitrogen and oxygen atoms in total. The predicted octanol–water partition coefficient (Wildman–Crippen LogP) is 4.29. The average Bonchev–Trinajstić information content (AvgIpc) is 3.24. The van der Waals surface area contributed by atoms with Crippen LogP contribution in [0.25, 0.3) is 28.0 Å². The lowest BCUT2D eigenvalue weighted by molar-refractivity contribution is -0.605. The number of hydrogen-bond donors (Lipinski definition) is 1. The van der Waals surface area contributed by atoms with Crippen molar-refractivity contribution in [3.63, 3.8) is 0 Å². The van der Waals surface area contributed by atoms with E-state index in [0.717, 1.165) is 32.7 Å². The zero-order valence-corrected chi connectivity index (χ0v) is 16.9. The molecular formula is C24H20N6O. The van der Waals surface area contributed by atoms with Gasteiger partial charge in [-0.15, -0.1) is 0 Å². The highest BCUT2D eigenvalue weighted by Crippen LogP contribution is 2.25. The summed E-state index contributed by atoms with van der Waals surface area (Å²) in [5, 5.41) is 14.6. The predicted molar refractivity (Wildman–Crippen MR) is 120 cm³/mol. The van der Waals surface area contributed by atoms with Crippen LogP contribution in [0.4, 0.5) is 5.95 Å². The zero-order chi connectivity index (χ0) is 21.2. The van der Waals surface area contributed by atoms with Gasteiger partial charge in [0.2, 0.25) is 5.95 Å². The van der Waals surface area contributed by atoms with Crippen LogP contribution in [0.1, 0.15) is 18.5 Å². The minimum atomic E-state index is 0.0808. The molecule has 152 valence electrons. The van der Waals surface area contributed by atoms with Crippen molar-refractivity contribution in [1.82, 2.24) is 19.5 Å². The molecule has 3 aromatic heterocycles. The Balaban J connectivity index is 1.44. The van der Waals surface area contributed by atoms with Crippen LogP contribution in [-0.4, -0.2) is 19.5 Å². The van der Waals surface area contributed by atoms with Gasteiger partial charge in [0.1, 0.15) is 12.1 Å². The molecule has 3 heterocycles. The van der Waals surface area contributed by atoms with Crippen molar-refractivity contribution >= 4 is 17.0 Å². The molecule has 1 N–H and O–H groups in total.